The summed E-state index contributed by atoms with van der Waals surface area (Å²) in [5.74, 6) is 0. The first kappa shape index (κ1) is 14.6. The maximum absolute atomic E-state index is 12.3. The van der Waals surface area contributed by atoms with Crippen molar-refractivity contribution in [3.05, 3.63) is 22.8 Å². The Morgan fingerprint density at radius 1 is 1.53 bits per heavy atom. The standard InChI is InChI=1S/C10H11ClF3NOS/c1-6(2-3-16)17-9-8(11)4-7(5-15-9)10(12,13)14/h4-6,16H,2-3H2,1H3. The third-order valence-electron chi connectivity index (χ3n) is 1.98. The van der Waals surface area contributed by atoms with E-state index in [2.05, 4.69) is 4.98 Å². The van der Waals surface area contributed by atoms with Crippen molar-refractivity contribution in [3.63, 3.8) is 0 Å². The lowest BCUT2D eigenvalue weighted by molar-refractivity contribution is -0.137. The van der Waals surface area contributed by atoms with Gasteiger partial charge in [-0.3, -0.25) is 0 Å². The van der Waals surface area contributed by atoms with Gasteiger partial charge in [-0.05, 0) is 12.5 Å². The fourth-order valence-electron chi connectivity index (χ4n) is 1.10. The Morgan fingerprint density at radius 2 is 2.18 bits per heavy atom. The molecule has 7 heteroatoms. The number of halogens is 4. The molecular weight excluding hydrogens is 275 g/mol. The van der Waals surface area contributed by atoms with Gasteiger partial charge in [-0.15, -0.1) is 11.8 Å². The van der Waals surface area contributed by atoms with E-state index in [4.69, 9.17) is 16.7 Å². The summed E-state index contributed by atoms with van der Waals surface area (Å²) in [7, 11) is 0. The van der Waals surface area contributed by atoms with E-state index < -0.39 is 11.7 Å². The van der Waals surface area contributed by atoms with E-state index in [1.807, 2.05) is 6.92 Å². The Kier molecular flexibility index (Phi) is 5.09. The normalized spacial score (nSPS) is 13.8. The molecule has 1 unspecified atom stereocenters. The van der Waals surface area contributed by atoms with E-state index in [-0.39, 0.29) is 16.9 Å². The fourth-order valence-corrected chi connectivity index (χ4v) is 2.29. The van der Waals surface area contributed by atoms with Gasteiger partial charge in [0.2, 0.25) is 0 Å². The number of thioether (sulfide) groups is 1. The molecule has 0 radical (unpaired) electrons. The lowest BCUT2D eigenvalue weighted by atomic mass is 10.3. The smallest absolute Gasteiger partial charge is 0.396 e. The average molecular weight is 286 g/mol. The van der Waals surface area contributed by atoms with Crippen LogP contribution in [0.25, 0.3) is 0 Å². The van der Waals surface area contributed by atoms with Crippen molar-refractivity contribution in [1.82, 2.24) is 4.98 Å². The Morgan fingerprint density at radius 3 is 2.65 bits per heavy atom. The molecule has 1 N–H and O–H groups in total. The number of nitrogens with zero attached hydrogens (tertiary/aromatic N) is 1. The van der Waals surface area contributed by atoms with Crippen LogP contribution in [0.3, 0.4) is 0 Å². The number of alkyl halides is 3. The lowest BCUT2D eigenvalue weighted by Gasteiger charge is -2.11. The second kappa shape index (κ2) is 5.93. The molecule has 1 aromatic heterocycles. The van der Waals surface area contributed by atoms with Crippen molar-refractivity contribution in [3.8, 4) is 0 Å². The van der Waals surface area contributed by atoms with Crippen LogP contribution < -0.4 is 0 Å². The Labute approximate surface area is 106 Å². The molecule has 1 atom stereocenters. The van der Waals surface area contributed by atoms with Crippen LogP contribution in [0, 0.1) is 0 Å². The molecule has 0 saturated carbocycles. The van der Waals surface area contributed by atoms with Crippen LogP contribution in [0.2, 0.25) is 5.02 Å². The molecule has 0 aliphatic carbocycles. The highest BCUT2D eigenvalue weighted by Crippen LogP contribution is 2.35. The zero-order chi connectivity index (χ0) is 13.1. The van der Waals surface area contributed by atoms with Crippen molar-refractivity contribution in [2.75, 3.05) is 6.61 Å². The number of aliphatic hydroxyl groups excluding tert-OH is 1. The zero-order valence-electron chi connectivity index (χ0n) is 8.96. The van der Waals surface area contributed by atoms with E-state index in [1.54, 1.807) is 0 Å². The minimum atomic E-state index is -4.43. The van der Waals surface area contributed by atoms with Crippen LogP contribution in [-0.4, -0.2) is 21.9 Å². The van der Waals surface area contributed by atoms with Crippen LogP contribution in [0.4, 0.5) is 13.2 Å². The van der Waals surface area contributed by atoms with Gasteiger partial charge in [0.25, 0.3) is 0 Å². The maximum atomic E-state index is 12.3. The Balaban J connectivity index is 2.83. The van der Waals surface area contributed by atoms with Crippen molar-refractivity contribution in [1.29, 1.82) is 0 Å². The summed E-state index contributed by atoms with van der Waals surface area (Å²) in [4.78, 5) is 3.70. The number of hydrogen-bond acceptors (Lipinski definition) is 3. The first-order valence-electron chi connectivity index (χ1n) is 4.85. The van der Waals surface area contributed by atoms with Crippen LogP contribution in [0.15, 0.2) is 17.3 Å². The van der Waals surface area contributed by atoms with E-state index >= 15 is 0 Å². The third kappa shape index (κ3) is 4.37. The highest BCUT2D eigenvalue weighted by atomic mass is 35.5. The second-order valence-electron chi connectivity index (χ2n) is 3.45. The van der Waals surface area contributed by atoms with Gasteiger partial charge in [-0.25, -0.2) is 4.98 Å². The third-order valence-corrected chi connectivity index (χ3v) is 3.57. The van der Waals surface area contributed by atoms with Crippen molar-refractivity contribution < 1.29 is 18.3 Å². The molecule has 1 aromatic rings. The van der Waals surface area contributed by atoms with Gasteiger partial charge in [0, 0.05) is 18.1 Å². The van der Waals surface area contributed by atoms with E-state index in [1.165, 1.54) is 11.8 Å². The number of aliphatic hydroxyl groups is 1. The van der Waals surface area contributed by atoms with Gasteiger partial charge in [0.1, 0.15) is 5.03 Å². The zero-order valence-corrected chi connectivity index (χ0v) is 10.5. The maximum Gasteiger partial charge on any atom is 0.417 e. The number of pyridine rings is 1. The fraction of sp³-hybridized carbons (Fsp3) is 0.500. The summed E-state index contributed by atoms with van der Waals surface area (Å²) in [6, 6.07) is 0.864. The molecule has 0 amide bonds. The van der Waals surface area contributed by atoms with E-state index in [9.17, 15) is 13.2 Å². The lowest BCUT2D eigenvalue weighted by Crippen LogP contribution is -2.06. The van der Waals surface area contributed by atoms with Crippen LogP contribution in [0.1, 0.15) is 18.9 Å². The van der Waals surface area contributed by atoms with E-state index in [0.717, 1.165) is 12.3 Å². The Bertz CT molecular complexity index is 386. The SMILES string of the molecule is CC(CCO)Sc1ncc(C(F)(F)F)cc1Cl. The monoisotopic (exact) mass is 285 g/mol. The number of aromatic nitrogens is 1. The molecule has 1 rings (SSSR count). The molecule has 1 heterocycles. The highest BCUT2D eigenvalue weighted by molar-refractivity contribution is 7.99. The first-order valence-corrected chi connectivity index (χ1v) is 6.10. The summed E-state index contributed by atoms with van der Waals surface area (Å²) in [6.45, 7) is 1.86. The molecule has 0 bridgehead atoms. The van der Waals surface area contributed by atoms with Gasteiger partial charge in [0.15, 0.2) is 0 Å². The quantitative estimate of drug-likeness (QED) is 0.858. The predicted molar refractivity (Wildman–Crippen MR) is 61.3 cm³/mol. The van der Waals surface area contributed by atoms with Gasteiger partial charge in [-0.1, -0.05) is 18.5 Å². The van der Waals surface area contributed by atoms with Crippen LogP contribution >= 0.6 is 23.4 Å². The molecule has 0 aromatic carbocycles. The molecule has 0 spiro atoms. The first-order chi connectivity index (χ1) is 7.84. The largest absolute Gasteiger partial charge is 0.417 e. The van der Waals surface area contributed by atoms with Gasteiger partial charge in [-0.2, -0.15) is 13.2 Å². The minimum Gasteiger partial charge on any atom is -0.396 e. The molecule has 0 saturated heterocycles. The molecule has 17 heavy (non-hydrogen) atoms. The Hall–Kier alpha value is -0.460. The van der Waals surface area contributed by atoms with E-state index in [0.29, 0.717) is 11.4 Å². The topological polar surface area (TPSA) is 33.1 Å². The second-order valence-corrected chi connectivity index (χ2v) is 5.28. The predicted octanol–water partition coefficient (Wildman–Crippen LogP) is 3.62. The minimum absolute atomic E-state index is 0.0189. The van der Waals surface area contributed by atoms with Gasteiger partial charge >= 0.3 is 6.18 Å². The van der Waals surface area contributed by atoms with Crippen molar-refractivity contribution in [2.45, 2.75) is 29.8 Å². The van der Waals surface area contributed by atoms with Crippen LogP contribution in [0.5, 0.6) is 0 Å². The van der Waals surface area contributed by atoms with Gasteiger partial charge < -0.3 is 5.11 Å². The summed E-state index contributed by atoms with van der Waals surface area (Å²) in [6.07, 6.45) is -3.14. The molecule has 2 nitrogen and oxygen atoms in total. The van der Waals surface area contributed by atoms with Gasteiger partial charge in [0.05, 0.1) is 10.6 Å². The number of rotatable bonds is 4. The number of hydrogen-bond donors (Lipinski definition) is 1. The molecule has 96 valence electrons. The highest BCUT2D eigenvalue weighted by Gasteiger charge is 2.31. The summed E-state index contributed by atoms with van der Waals surface area (Å²) >= 11 is 6.98. The summed E-state index contributed by atoms with van der Waals surface area (Å²) in [5, 5.41) is 9.09. The van der Waals surface area contributed by atoms with Crippen molar-refractivity contribution >= 4 is 23.4 Å². The molecular formula is C10H11ClF3NOS. The molecule has 0 aliphatic heterocycles. The molecule has 0 aliphatic rings. The summed E-state index contributed by atoms with van der Waals surface area (Å²) < 4.78 is 37.0. The van der Waals surface area contributed by atoms with Crippen molar-refractivity contribution in [2.24, 2.45) is 0 Å². The van der Waals surface area contributed by atoms with Crippen LogP contribution in [-0.2, 0) is 6.18 Å². The summed E-state index contributed by atoms with van der Waals surface area (Å²) in [5.41, 5.74) is -0.860. The average Bonchev–Trinajstić information content (AvgIpc) is 2.20. The molecule has 0 fully saturated rings.